The van der Waals surface area contributed by atoms with Crippen molar-refractivity contribution in [3.8, 4) is 0 Å². The Morgan fingerprint density at radius 2 is 1.86 bits per heavy atom. The van der Waals surface area contributed by atoms with Crippen molar-refractivity contribution in [2.45, 2.75) is 38.6 Å². The van der Waals surface area contributed by atoms with Crippen LogP contribution >= 0.6 is 0 Å². The van der Waals surface area contributed by atoms with Crippen LogP contribution < -0.4 is 10.5 Å². The lowest BCUT2D eigenvalue weighted by Crippen LogP contribution is -2.45. The topological polar surface area (TPSA) is 50.5 Å². The highest BCUT2D eigenvalue weighted by molar-refractivity contribution is 6.10. The Hall–Kier alpha value is -2.95. The van der Waals surface area contributed by atoms with Crippen molar-refractivity contribution in [2.24, 2.45) is 0 Å². The maximum absolute atomic E-state index is 13.1. The summed E-state index contributed by atoms with van der Waals surface area (Å²) in [6, 6.07) is 10.6. The van der Waals surface area contributed by atoms with E-state index in [-0.39, 0.29) is 16.7 Å². The maximum Gasteiger partial charge on any atom is 0.347 e. The molecule has 0 saturated heterocycles. The van der Waals surface area contributed by atoms with Gasteiger partial charge in [0.1, 0.15) is 17.0 Å². The molecule has 4 rings (SSSR count). The van der Waals surface area contributed by atoms with Crippen LogP contribution in [0.2, 0.25) is 0 Å². The largest absolute Gasteiger partial charge is 0.422 e. The summed E-state index contributed by atoms with van der Waals surface area (Å²) in [5, 5.41) is 0.712. The molecule has 0 saturated carbocycles. The van der Waals surface area contributed by atoms with Gasteiger partial charge in [0.2, 0.25) is 0 Å². The quantitative estimate of drug-likeness (QED) is 0.470. The first-order valence-electron chi connectivity index (χ1n) is 9.33. The fourth-order valence-corrected chi connectivity index (χ4v) is 4.10. The van der Waals surface area contributed by atoms with Crippen LogP contribution in [-0.4, -0.2) is 18.4 Å². The molecule has 0 spiro atoms. The minimum Gasteiger partial charge on any atom is -0.422 e. The Bertz CT molecular complexity index is 1140. The second kappa shape index (κ2) is 6.30. The van der Waals surface area contributed by atoms with Gasteiger partial charge in [0, 0.05) is 35.3 Å². The summed E-state index contributed by atoms with van der Waals surface area (Å²) < 4.78 is 18.6. The van der Waals surface area contributed by atoms with E-state index in [1.54, 1.807) is 6.07 Å². The molecule has 1 aliphatic heterocycles. The number of rotatable bonds is 2. The lowest BCUT2D eigenvalue weighted by atomic mass is 9.80. The van der Waals surface area contributed by atoms with Crippen LogP contribution in [0.3, 0.4) is 0 Å². The number of halogens is 1. The van der Waals surface area contributed by atoms with E-state index in [1.165, 1.54) is 29.8 Å². The van der Waals surface area contributed by atoms with Gasteiger partial charge in [-0.1, -0.05) is 6.92 Å². The molecular weight excluding hydrogens is 357 g/mol. The SMILES string of the molecule is C[C@H]1CC(C)(C)N(C)c2cc3oc(=O)c(C(=O)c4ccc(F)cc4)cc3cc21. The van der Waals surface area contributed by atoms with Crippen LogP contribution in [0, 0.1) is 5.82 Å². The van der Waals surface area contributed by atoms with Gasteiger partial charge in [-0.2, -0.15) is 0 Å². The number of benzene rings is 2. The molecule has 3 aromatic rings. The minimum absolute atomic E-state index is 0.00111. The molecule has 0 bridgehead atoms. The molecule has 0 radical (unpaired) electrons. The maximum atomic E-state index is 13.1. The molecule has 0 unspecified atom stereocenters. The summed E-state index contributed by atoms with van der Waals surface area (Å²) in [5.74, 6) is -0.566. The van der Waals surface area contributed by atoms with Gasteiger partial charge >= 0.3 is 5.63 Å². The first kappa shape index (κ1) is 18.4. The Balaban J connectivity index is 1.86. The average Bonchev–Trinajstić information content (AvgIpc) is 2.64. The van der Waals surface area contributed by atoms with Gasteiger partial charge in [-0.3, -0.25) is 4.79 Å². The molecule has 0 aliphatic carbocycles. The van der Waals surface area contributed by atoms with Crippen molar-refractivity contribution < 1.29 is 13.6 Å². The van der Waals surface area contributed by atoms with Crippen LogP contribution in [0.4, 0.5) is 10.1 Å². The first-order valence-corrected chi connectivity index (χ1v) is 9.33. The zero-order valence-electron chi connectivity index (χ0n) is 16.4. The normalized spacial score (nSPS) is 18.2. The standard InChI is InChI=1S/C23H22FNO3/c1-13-12-23(2,3)25(4)19-11-20-15(9-17(13)19)10-18(22(27)28-20)21(26)14-5-7-16(24)8-6-14/h5-11,13H,12H2,1-4H3/t13-/m0/s1. The van der Waals surface area contributed by atoms with Crippen molar-refractivity contribution in [3.05, 3.63) is 75.4 Å². The summed E-state index contributed by atoms with van der Waals surface area (Å²) in [7, 11) is 2.04. The third-order valence-electron chi connectivity index (χ3n) is 5.84. The van der Waals surface area contributed by atoms with E-state index >= 15 is 0 Å². The van der Waals surface area contributed by atoms with E-state index < -0.39 is 17.2 Å². The molecule has 0 fully saturated rings. The molecule has 1 atom stereocenters. The Morgan fingerprint density at radius 1 is 1.18 bits per heavy atom. The van der Waals surface area contributed by atoms with Gasteiger partial charge in [-0.15, -0.1) is 0 Å². The van der Waals surface area contributed by atoms with Gasteiger partial charge in [-0.25, -0.2) is 9.18 Å². The number of carbonyl (C=O) groups is 1. The van der Waals surface area contributed by atoms with E-state index in [2.05, 4.69) is 25.7 Å². The zero-order valence-corrected chi connectivity index (χ0v) is 16.4. The summed E-state index contributed by atoms with van der Waals surface area (Å²) in [5.41, 5.74) is 2.18. The molecule has 144 valence electrons. The molecule has 1 aromatic heterocycles. The van der Waals surface area contributed by atoms with Crippen molar-refractivity contribution in [1.82, 2.24) is 0 Å². The molecule has 0 amide bonds. The molecular formula is C23H22FNO3. The highest BCUT2D eigenvalue weighted by Gasteiger charge is 2.34. The van der Waals surface area contributed by atoms with Crippen molar-refractivity contribution in [3.63, 3.8) is 0 Å². The molecule has 4 nitrogen and oxygen atoms in total. The summed E-state index contributed by atoms with van der Waals surface area (Å²) in [4.78, 5) is 27.4. The molecule has 5 heteroatoms. The second-order valence-electron chi connectivity index (χ2n) is 8.21. The van der Waals surface area contributed by atoms with Crippen molar-refractivity contribution in [1.29, 1.82) is 0 Å². The Morgan fingerprint density at radius 3 is 2.54 bits per heavy atom. The number of fused-ring (bicyclic) bond motifs is 2. The minimum atomic E-state index is -0.687. The van der Waals surface area contributed by atoms with Crippen LogP contribution in [0.25, 0.3) is 11.0 Å². The molecule has 28 heavy (non-hydrogen) atoms. The van der Waals surface area contributed by atoms with E-state index in [0.717, 1.165) is 12.1 Å². The number of nitrogens with zero attached hydrogens (tertiary/aromatic N) is 1. The molecule has 1 aliphatic rings. The predicted octanol–water partition coefficient (Wildman–Crippen LogP) is 4.89. The lowest BCUT2D eigenvalue weighted by molar-refractivity contribution is 0.103. The van der Waals surface area contributed by atoms with Gasteiger partial charge in [-0.05, 0) is 68.1 Å². The molecule has 0 N–H and O–H groups in total. The number of hydrogen-bond donors (Lipinski definition) is 0. The fourth-order valence-electron chi connectivity index (χ4n) is 4.10. The average molecular weight is 379 g/mol. The van der Waals surface area contributed by atoms with Crippen LogP contribution in [0.1, 0.15) is 54.6 Å². The summed E-state index contributed by atoms with van der Waals surface area (Å²) >= 11 is 0. The molecule has 2 heterocycles. The van der Waals surface area contributed by atoms with Crippen LogP contribution in [-0.2, 0) is 0 Å². The van der Waals surface area contributed by atoms with E-state index in [4.69, 9.17) is 4.42 Å². The lowest BCUT2D eigenvalue weighted by Gasteiger charge is -2.45. The number of hydrogen-bond acceptors (Lipinski definition) is 4. The third kappa shape index (κ3) is 2.91. The summed E-state index contributed by atoms with van der Waals surface area (Å²) in [6.45, 7) is 6.57. The summed E-state index contributed by atoms with van der Waals surface area (Å²) in [6.07, 6.45) is 1.00. The predicted molar refractivity (Wildman–Crippen MR) is 108 cm³/mol. The van der Waals surface area contributed by atoms with Crippen molar-refractivity contribution in [2.75, 3.05) is 11.9 Å². The first-order chi connectivity index (χ1) is 13.2. The smallest absolute Gasteiger partial charge is 0.347 e. The van der Waals surface area contributed by atoms with Crippen LogP contribution in [0.5, 0.6) is 0 Å². The fraction of sp³-hybridized carbons (Fsp3) is 0.304. The van der Waals surface area contributed by atoms with E-state index in [1.807, 2.05) is 19.2 Å². The highest BCUT2D eigenvalue weighted by atomic mass is 19.1. The Labute approximate surface area is 162 Å². The van der Waals surface area contributed by atoms with E-state index in [9.17, 15) is 14.0 Å². The Kier molecular flexibility index (Phi) is 4.14. The number of carbonyl (C=O) groups excluding carboxylic acids is 1. The number of anilines is 1. The highest BCUT2D eigenvalue weighted by Crippen LogP contribution is 2.43. The van der Waals surface area contributed by atoms with Gasteiger partial charge < -0.3 is 9.32 Å². The molecule has 2 aromatic carbocycles. The van der Waals surface area contributed by atoms with Gasteiger partial charge in [0.15, 0.2) is 5.78 Å². The zero-order chi connectivity index (χ0) is 20.2. The van der Waals surface area contributed by atoms with Crippen molar-refractivity contribution >= 4 is 22.4 Å². The number of ketones is 1. The van der Waals surface area contributed by atoms with Gasteiger partial charge in [0.25, 0.3) is 0 Å². The third-order valence-corrected chi connectivity index (χ3v) is 5.84. The van der Waals surface area contributed by atoms with Crippen LogP contribution in [0.15, 0.2) is 51.7 Å². The van der Waals surface area contributed by atoms with E-state index in [0.29, 0.717) is 16.9 Å². The second-order valence-corrected chi connectivity index (χ2v) is 8.21. The van der Waals surface area contributed by atoms with Gasteiger partial charge in [0.05, 0.1) is 0 Å². The monoisotopic (exact) mass is 379 g/mol.